The van der Waals surface area contributed by atoms with E-state index in [1.807, 2.05) is 24.3 Å². The fourth-order valence-corrected chi connectivity index (χ4v) is 4.77. The zero-order chi connectivity index (χ0) is 24.9. The lowest BCUT2D eigenvalue weighted by Gasteiger charge is -2.31. The minimum Gasteiger partial charge on any atom is -0.454 e. The number of likely N-dealkylation sites (N-methyl/N-ethyl adjacent to an activating group) is 1. The van der Waals surface area contributed by atoms with Gasteiger partial charge in [0, 0.05) is 23.6 Å². The zero-order valence-corrected chi connectivity index (χ0v) is 21.7. The SMILES string of the molecule is CCNC(=O)[C@H](C)N(Cc1ccc(Br)cc1)C(=O)CN(c1ccc2c(c1)OCO2)S(=O)(=O)CC. The molecule has 0 fully saturated rings. The van der Waals surface area contributed by atoms with Crippen LogP contribution in [-0.2, 0) is 26.2 Å². The van der Waals surface area contributed by atoms with Gasteiger partial charge in [0.25, 0.3) is 0 Å². The number of fused-ring (bicyclic) bond motifs is 1. The standard InChI is InChI=1S/C23H28BrN3O6S/c1-4-25-23(29)16(3)26(13-17-6-8-18(24)9-7-17)22(28)14-27(34(30,31)5-2)19-10-11-20-21(12-19)33-15-32-20/h6-12,16H,4-5,13-15H2,1-3H3,(H,25,29)/t16-/m0/s1. The Bertz CT molecular complexity index is 1140. The lowest BCUT2D eigenvalue weighted by Crippen LogP contribution is -2.51. The van der Waals surface area contributed by atoms with E-state index in [0.717, 1.165) is 14.3 Å². The molecular weight excluding hydrogens is 526 g/mol. The quantitative estimate of drug-likeness (QED) is 0.485. The molecular formula is C23H28BrN3O6S. The number of carbonyl (C=O) groups is 2. The molecule has 0 aromatic heterocycles. The molecule has 1 heterocycles. The van der Waals surface area contributed by atoms with Crippen molar-refractivity contribution in [1.82, 2.24) is 10.2 Å². The number of hydrogen-bond donors (Lipinski definition) is 1. The van der Waals surface area contributed by atoms with Crippen molar-refractivity contribution in [3.8, 4) is 11.5 Å². The van der Waals surface area contributed by atoms with Crippen molar-refractivity contribution >= 4 is 43.5 Å². The van der Waals surface area contributed by atoms with Gasteiger partial charge in [-0.05, 0) is 50.6 Å². The van der Waals surface area contributed by atoms with E-state index < -0.39 is 28.5 Å². The highest BCUT2D eigenvalue weighted by atomic mass is 79.9. The number of benzene rings is 2. The molecule has 2 amide bonds. The van der Waals surface area contributed by atoms with Crippen molar-refractivity contribution in [2.75, 3.05) is 29.9 Å². The minimum atomic E-state index is -3.81. The van der Waals surface area contributed by atoms with Gasteiger partial charge in [-0.1, -0.05) is 28.1 Å². The number of sulfonamides is 1. The van der Waals surface area contributed by atoms with Crippen LogP contribution in [0.3, 0.4) is 0 Å². The summed E-state index contributed by atoms with van der Waals surface area (Å²) < 4.78 is 38.5. The number of hydrogen-bond acceptors (Lipinski definition) is 6. The summed E-state index contributed by atoms with van der Waals surface area (Å²) in [7, 11) is -3.81. The van der Waals surface area contributed by atoms with Crippen LogP contribution >= 0.6 is 15.9 Å². The third-order valence-corrected chi connectivity index (χ3v) is 7.68. The first kappa shape index (κ1) is 25.8. The Morgan fingerprint density at radius 1 is 1.09 bits per heavy atom. The van der Waals surface area contributed by atoms with Gasteiger partial charge < -0.3 is 19.7 Å². The van der Waals surface area contributed by atoms with E-state index in [1.54, 1.807) is 26.0 Å². The largest absolute Gasteiger partial charge is 0.454 e. The maximum absolute atomic E-state index is 13.5. The molecule has 184 valence electrons. The molecule has 3 rings (SSSR count). The van der Waals surface area contributed by atoms with E-state index in [0.29, 0.717) is 18.0 Å². The molecule has 1 aliphatic heterocycles. The molecule has 0 unspecified atom stereocenters. The predicted molar refractivity (Wildman–Crippen MR) is 132 cm³/mol. The first-order chi connectivity index (χ1) is 16.2. The lowest BCUT2D eigenvalue weighted by atomic mass is 10.1. The molecule has 0 saturated heterocycles. The van der Waals surface area contributed by atoms with Crippen LogP contribution < -0.4 is 19.1 Å². The summed E-state index contributed by atoms with van der Waals surface area (Å²) >= 11 is 3.39. The van der Waals surface area contributed by atoms with E-state index in [-0.39, 0.29) is 30.7 Å². The highest BCUT2D eigenvalue weighted by molar-refractivity contribution is 9.10. The number of ether oxygens (including phenoxy) is 2. The molecule has 0 saturated carbocycles. The van der Waals surface area contributed by atoms with Gasteiger partial charge >= 0.3 is 0 Å². The molecule has 34 heavy (non-hydrogen) atoms. The highest BCUT2D eigenvalue weighted by Crippen LogP contribution is 2.36. The van der Waals surface area contributed by atoms with Gasteiger partial charge in [0.1, 0.15) is 12.6 Å². The molecule has 1 aliphatic rings. The Morgan fingerprint density at radius 2 is 1.76 bits per heavy atom. The second kappa shape index (κ2) is 11.1. The molecule has 1 N–H and O–H groups in total. The van der Waals surface area contributed by atoms with Crippen molar-refractivity contribution in [3.63, 3.8) is 0 Å². The van der Waals surface area contributed by atoms with Gasteiger partial charge in [-0.15, -0.1) is 0 Å². The molecule has 1 atom stereocenters. The van der Waals surface area contributed by atoms with Gasteiger partial charge in [-0.25, -0.2) is 8.42 Å². The summed E-state index contributed by atoms with van der Waals surface area (Å²) in [5, 5.41) is 2.73. The van der Waals surface area contributed by atoms with E-state index in [1.165, 1.54) is 17.9 Å². The zero-order valence-electron chi connectivity index (χ0n) is 19.3. The topological polar surface area (TPSA) is 105 Å². The van der Waals surface area contributed by atoms with Crippen molar-refractivity contribution < 1.29 is 27.5 Å². The highest BCUT2D eigenvalue weighted by Gasteiger charge is 2.31. The normalized spacial score (nSPS) is 13.3. The van der Waals surface area contributed by atoms with Crippen LogP contribution in [0.4, 0.5) is 5.69 Å². The smallest absolute Gasteiger partial charge is 0.244 e. The van der Waals surface area contributed by atoms with Gasteiger partial charge in [0.2, 0.25) is 28.6 Å². The Hall–Kier alpha value is -2.79. The van der Waals surface area contributed by atoms with Crippen LogP contribution in [0.15, 0.2) is 46.9 Å². The average Bonchev–Trinajstić information content (AvgIpc) is 3.29. The van der Waals surface area contributed by atoms with Crippen LogP contribution in [0.2, 0.25) is 0 Å². The van der Waals surface area contributed by atoms with Crippen LogP contribution in [0.1, 0.15) is 26.3 Å². The molecule has 11 heteroatoms. The average molecular weight is 554 g/mol. The summed E-state index contributed by atoms with van der Waals surface area (Å²) in [4.78, 5) is 27.5. The Morgan fingerprint density at radius 3 is 2.41 bits per heavy atom. The summed E-state index contributed by atoms with van der Waals surface area (Å²) in [6.45, 7) is 5.07. The van der Waals surface area contributed by atoms with Crippen molar-refractivity contribution in [3.05, 3.63) is 52.5 Å². The van der Waals surface area contributed by atoms with Crippen molar-refractivity contribution in [1.29, 1.82) is 0 Å². The van der Waals surface area contributed by atoms with E-state index in [4.69, 9.17) is 9.47 Å². The maximum Gasteiger partial charge on any atom is 0.244 e. The lowest BCUT2D eigenvalue weighted by molar-refractivity contribution is -0.139. The number of rotatable bonds is 10. The Labute approximate surface area is 208 Å². The number of halogens is 1. The first-order valence-electron chi connectivity index (χ1n) is 10.9. The molecule has 0 aliphatic carbocycles. The summed E-state index contributed by atoms with van der Waals surface area (Å²) in [5.74, 6) is -0.112. The monoisotopic (exact) mass is 553 g/mol. The second-order valence-electron chi connectivity index (χ2n) is 7.66. The van der Waals surface area contributed by atoms with Crippen LogP contribution in [0, 0.1) is 0 Å². The van der Waals surface area contributed by atoms with Gasteiger partial charge in [-0.3, -0.25) is 13.9 Å². The van der Waals surface area contributed by atoms with E-state index >= 15 is 0 Å². The number of anilines is 1. The Kier molecular flexibility index (Phi) is 8.42. The predicted octanol–water partition coefficient (Wildman–Crippen LogP) is 2.89. The Balaban J connectivity index is 1.93. The van der Waals surface area contributed by atoms with Crippen molar-refractivity contribution in [2.24, 2.45) is 0 Å². The van der Waals surface area contributed by atoms with E-state index in [2.05, 4.69) is 21.2 Å². The molecule has 9 nitrogen and oxygen atoms in total. The summed E-state index contributed by atoms with van der Waals surface area (Å²) in [5.41, 5.74) is 1.09. The van der Waals surface area contributed by atoms with Gasteiger partial charge in [0.15, 0.2) is 11.5 Å². The molecule has 0 radical (unpaired) electrons. The van der Waals surface area contributed by atoms with Gasteiger partial charge in [-0.2, -0.15) is 0 Å². The van der Waals surface area contributed by atoms with Gasteiger partial charge in [0.05, 0.1) is 11.4 Å². The number of amides is 2. The number of nitrogens with zero attached hydrogens (tertiary/aromatic N) is 2. The van der Waals surface area contributed by atoms with Crippen LogP contribution in [0.25, 0.3) is 0 Å². The minimum absolute atomic E-state index is 0.0449. The summed E-state index contributed by atoms with van der Waals surface area (Å²) in [6, 6.07) is 11.3. The fraction of sp³-hybridized carbons (Fsp3) is 0.391. The third kappa shape index (κ3) is 6.01. The molecule has 2 aromatic rings. The molecule has 0 spiro atoms. The molecule has 2 aromatic carbocycles. The number of carbonyl (C=O) groups excluding carboxylic acids is 2. The maximum atomic E-state index is 13.5. The van der Waals surface area contributed by atoms with Crippen LogP contribution in [0.5, 0.6) is 11.5 Å². The second-order valence-corrected chi connectivity index (χ2v) is 10.8. The molecule has 0 bridgehead atoms. The van der Waals surface area contributed by atoms with Crippen molar-refractivity contribution in [2.45, 2.75) is 33.4 Å². The fourth-order valence-electron chi connectivity index (χ4n) is 3.45. The van der Waals surface area contributed by atoms with E-state index in [9.17, 15) is 18.0 Å². The first-order valence-corrected chi connectivity index (χ1v) is 13.3. The summed E-state index contributed by atoms with van der Waals surface area (Å²) in [6.07, 6.45) is 0. The number of nitrogens with one attached hydrogen (secondary N) is 1. The third-order valence-electron chi connectivity index (χ3n) is 5.41. The van der Waals surface area contributed by atoms with Crippen LogP contribution in [-0.4, -0.2) is 56.8 Å².